The van der Waals surface area contributed by atoms with E-state index < -0.39 is 0 Å². The number of benzene rings is 1. The molecule has 1 aliphatic rings. The van der Waals surface area contributed by atoms with Crippen LogP contribution in [0.2, 0.25) is 0 Å². The van der Waals surface area contributed by atoms with Gasteiger partial charge in [-0.15, -0.1) is 0 Å². The number of carbonyl (C=O) groups is 1. The molecule has 0 atom stereocenters. The molecule has 3 nitrogen and oxygen atoms in total. The maximum Gasteiger partial charge on any atom is 0.338 e. The molecule has 1 aromatic rings. The number of hydrogen-bond acceptors (Lipinski definition) is 3. The molecule has 0 spiro atoms. The molecule has 0 N–H and O–H groups in total. The first kappa shape index (κ1) is 13.1. The van der Waals surface area contributed by atoms with Gasteiger partial charge in [-0.3, -0.25) is 0 Å². The van der Waals surface area contributed by atoms with Crippen LogP contribution in [0.5, 0.6) is 0 Å². The highest BCUT2D eigenvalue weighted by Crippen LogP contribution is 2.22. The molecule has 1 aromatic carbocycles. The minimum Gasteiger partial charge on any atom is -0.465 e. The zero-order chi connectivity index (χ0) is 12.8. The maximum atomic E-state index is 11.6. The Kier molecular flexibility index (Phi) is 4.76. The first-order chi connectivity index (χ1) is 8.81. The predicted octanol–water partition coefficient (Wildman–Crippen LogP) is 3.32. The number of methoxy groups -OCH3 is 1. The Hall–Kier alpha value is -1.35. The molecule has 1 fully saturated rings. The Balaban J connectivity index is 1.97. The second kappa shape index (κ2) is 6.55. The fourth-order valence-corrected chi connectivity index (χ4v) is 2.39. The van der Waals surface area contributed by atoms with Crippen molar-refractivity contribution in [1.82, 2.24) is 0 Å². The van der Waals surface area contributed by atoms with E-state index in [1.807, 2.05) is 18.2 Å². The topological polar surface area (TPSA) is 35.5 Å². The monoisotopic (exact) mass is 248 g/mol. The van der Waals surface area contributed by atoms with Gasteiger partial charge >= 0.3 is 5.97 Å². The van der Waals surface area contributed by atoms with E-state index >= 15 is 0 Å². The lowest BCUT2D eigenvalue weighted by atomic mass is 9.98. The quantitative estimate of drug-likeness (QED) is 0.767. The zero-order valence-electron chi connectivity index (χ0n) is 10.9. The Labute approximate surface area is 108 Å². The van der Waals surface area contributed by atoms with Crippen molar-refractivity contribution in [1.29, 1.82) is 0 Å². The number of carbonyl (C=O) groups excluding carboxylic acids is 1. The van der Waals surface area contributed by atoms with Gasteiger partial charge < -0.3 is 9.47 Å². The molecule has 0 aliphatic heterocycles. The van der Waals surface area contributed by atoms with E-state index in [4.69, 9.17) is 9.47 Å². The Morgan fingerprint density at radius 2 is 1.94 bits per heavy atom. The summed E-state index contributed by atoms with van der Waals surface area (Å²) in [7, 11) is 1.40. The van der Waals surface area contributed by atoms with Crippen molar-refractivity contribution in [3.05, 3.63) is 35.4 Å². The van der Waals surface area contributed by atoms with Crippen molar-refractivity contribution in [3.8, 4) is 0 Å². The van der Waals surface area contributed by atoms with Gasteiger partial charge in [0.15, 0.2) is 0 Å². The highest BCUT2D eigenvalue weighted by atomic mass is 16.5. The molecule has 3 heteroatoms. The van der Waals surface area contributed by atoms with Crippen molar-refractivity contribution >= 4 is 5.97 Å². The van der Waals surface area contributed by atoms with Crippen molar-refractivity contribution in [3.63, 3.8) is 0 Å². The summed E-state index contributed by atoms with van der Waals surface area (Å²) in [5.74, 6) is -0.294. The van der Waals surface area contributed by atoms with Crippen LogP contribution in [-0.2, 0) is 16.1 Å². The van der Waals surface area contributed by atoms with Gasteiger partial charge in [-0.05, 0) is 24.5 Å². The van der Waals surface area contributed by atoms with E-state index in [1.54, 1.807) is 6.07 Å². The third-order valence-corrected chi connectivity index (χ3v) is 3.45. The van der Waals surface area contributed by atoms with Crippen LogP contribution in [0.1, 0.15) is 48.0 Å². The molecule has 0 radical (unpaired) electrons. The largest absolute Gasteiger partial charge is 0.465 e. The van der Waals surface area contributed by atoms with Gasteiger partial charge in [0.2, 0.25) is 0 Å². The van der Waals surface area contributed by atoms with E-state index in [2.05, 4.69) is 0 Å². The lowest BCUT2D eigenvalue weighted by Crippen LogP contribution is -2.17. The van der Waals surface area contributed by atoms with Crippen molar-refractivity contribution in [2.45, 2.75) is 44.8 Å². The van der Waals surface area contributed by atoms with Crippen molar-refractivity contribution in [2.75, 3.05) is 7.11 Å². The third-order valence-electron chi connectivity index (χ3n) is 3.45. The molecule has 98 valence electrons. The van der Waals surface area contributed by atoms with Gasteiger partial charge in [-0.2, -0.15) is 0 Å². The summed E-state index contributed by atoms with van der Waals surface area (Å²) < 4.78 is 10.7. The SMILES string of the molecule is COC(=O)c1ccccc1COC1CCCCC1. The summed E-state index contributed by atoms with van der Waals surface area (Å²) in [6, 6.07) is 7.48. The van der Waals surface area contributed by atoms with Gasteiger partial charge in [-0.1, -0.05) is 37.5 Å². The van der Waals surface area contributed by atoms with Gasteiger partial charge in [0.1, 0.15) is 0 Å². The summed E-state index contributed by atoms with van der Waals surface area (Å²) in [5, 5.41) is 0. The van der Waals surface area contributed by atoms with Crippen LogP contribution in [0.15, 0.2) is 24.3 Å². The van der Waals surface area contributed by atoms with Crippen LogP contribution in [0.25, 0.3) is 0 Å². The fourth-order valence-electron chi connectivity index (χ4n) is 2.39. The molecule has 0 amide bonds. The Morgan fingerprint density at radius 3 is 2.67 bits per heavy atom. The first-order valence-corrected chi connectivity index (χ1v) is 6.59. The highest BCUT2D eigenvalue weighted by Gasteiger charge is 2.16. The number of rotatable bonds is 4. The molecular formula is C15H20O3. The third kappa shape index (κ3) is 3.33. The molecule has 0 heterocycles. The van der Waals surface area contributed by atoms with Gasteiger partial charge in [0.25, 0.3) is 0 Å². The second-order valence-corrected chi connectivity index (χ2v) is 4.72. The average molecular weight is 248 g/mol. The van der Waals surface area contributed by atoms with Crippen LogP contribution >= 0.6 is 0 Å². The van der Waals surface area contributed by atoms with E-state index in [9.17, 15) is 4.79 Å². The second-order valence-electron chi connectivity index (χ2n) is 4.72. The van der Waals surface area contributed by atoms with Gasteiger partial charge in [0, 0.05) is 0 Å². The maximum absolute atomic E-state index is 11.6. The molecule has 0 bridgehead atoms. The Morgan fingerprint density at radius 1 is 1.22 bits per heavy atom. The molecule has 1 aliphatic carbocycles. The minimum atomic E-state index is -0.294. The molecule has 18 heavy (non-hydrogen) atoms. The molecule has 0 saturated heterocycles. The number of esters is 1. The number of hydrogen-bond donors (Lipinski definition) is 0. The van der Waals surface area contributed by atoms with Crippen molar-refractivity contribution < 1.29 is 14.3 Å². The summed E-state index contributed by atoms with van der Waals surface area (Å²) in [6.07, 6.45) is 6.45. The normalized spacial score (nSPS) is 16.5. The Bertz CT molecular complexity index is 394. The summed E-state index contributed by atoms with van der Waals surface area (Å²) in [5.41, 5.74) is 1.52. The molecule has 0 aromatic heterocycles. The van der Waals surface area contributed by atoms with Crippen LogP contribution in [0.3, 0.4) is 0 Å². The zero-order valence-corrected chi connectivity index (χ0v) is 10.9. The lowest BCUT2D eigenvalue weighted by Gasteiger charge is -2.22. The molecule has 0 unspecified atom stereocenters. The van der Waals surface area contributed by atoms with E-state index in [0.29, 0.717) is 18.3 Å². The smallest absolute Gasteiger partial charge is 0.338 e. The van der Waals surface area contributed by atoms with E-state index in [1.165, 1.54) is 26.4 Å². The minimum absolute atomic E-state index is 0.294. The van der Waals surface area contributed by atoms with Crippen LogP contribution in [0.4, 0.5) is 0 Å². The lowest BCUT2D eigenvalue weighted by molar-refractivity contribution is 0.0160. The van der Waals surface area contributed by atoms with Crippen LogP contribution in [-0.4, -0.2) is 19.2 Å². The summed E-state index contributed by atoms with van der Waals surface area (Å²) >= 11 is 0. The molecule has 1 saturated carbocycles. The highest BCUT2D eigenvalue weighted by molar-refractivity contribution is 5.90. The van der Waals surface area contributed by atoms with Crippen molar-refractivity contribution in [2.24, 2.45) is 0 Å². The predicted molar refractivity (Wildman–Crippen MR) is 69.4 cm³/mol. The van der Waals surface area contributed by atoms with Crippen LogP contribution in [0, 0.1) is 0 Å². The fraction of sp³-hybridized carbons (Fsp3) is 0.533. The summed E-state index contributed by atoms with van der Waals surface area (Å²) in [4.78, 5) is 11.6. The van der Waals surface area contributed by atoms with E-state index in [0.717, 1.165) is 18.4 Å². The number of ether oxygens (including phenoxy) is 2. The molecule has 2 rings (SSSR count). The van der Waals surface area contributed by atoms with E-state index in [-0.39, 0.29) is 5.97 Å². The first-order valence-electron chi connectivity index (χ1n) is 6.59. The van der Waals surface area contributed by atoms with Gasteiger partial charge in [0.05, 0.1) is 25.4 Å². The summed E-state index contributed by atoms with van der Waals surface area (Å²) in [6.45, 7) is 0.496. The van der Waals surface area contributed by atoms with Crippen LogP contribution < -0.4 is 0 Å². The molecular weight excluding hydrogens is 228 g/mol. The standard InChI is InChI=1S/C15H20O3/c1-17-15(16)14-10-6-5-7-12(14)11-18-13-8-3-2-4-9-13/h5-7,10,13H,2-4,8-9,11H2,1H3. The average Bonchev–Trinajstić information content (AvgIpc) is 2.45. The van der Waals surface area contributed by atoms with Gasteiger partial charge in [-0.25, -0.2) is 4.79 Å².